The van der Waals surface area contributed by atoms with Crippen molar-refractivity contribution in [3.63, 3.8) is 0 Å². The molecule has 0 radical (unpaired) electrons. The first kappa shape index (κ1) is 31.3. The van der Waals surface area contributed by atoms with Crippen molar-refractivity contribution in [3.05, 3.63) is 95.8 Å². The highest BCUT2D eigenvalue weighted by atomic mass is 19.1. The smallest absolute Gasteiger partial charge is 0.338 e. The van der Waals surface area contributed by atoms with E-state index in [-0.39, 0.29) is 11.5 Å². The summed E-state index contributed by atoms with van der Waals surface area (Å²) in [6.07, 6.45) is 3.18. The monoisotopic (exact) mass is 632 g/mol. The Bertz CT molecular complexity index is 1960. The molecule has 2 heterocycles. The zero-order valence-electron chi connectivity index (χ0n) is 24.8. The maximum absolute atomic E-state index is 13.5. The van der Waals surface area contributed by atoms with Gasteiger partial charge in [-0.3, -0.25) is 9.36 Å². The van der Waals surface area contributed by atoms with Gasteiger partial charge in [0.25, 0.3) is 0 Å². The third kappa shape index (κ3) is 6.36. The molecule has 236 valence electrons. The number of benzene rings is 4. The third-order valence-corrected chi connectivity index (χ3v) is 6.73. The maximum Gasteiger partial charge on any atom is 0.338 e. The molecule has 2 N–H and O–H groups in total. The molecule has 0 aliphatic rings. The predicted octanol–water partition coefficient (Wildman–Crippen LogP) is 5.99. The Morgan fingerprint density at radius 1 is 0.652 bits per heavy atom. The molecule has 6 aromatic rings. The number of phenols is 2. The summed E-state index contributed by atoms with van der Waals surface area (Å²) in [5, 5.41) is 28.1. The fourth-order valence-corrected chi connectivity index (χ4v) is 4.54. The molecule has 2 aromatic heterocycles. The molecule has 6 rings (SSSR count). The van der Waals surface area contributed by atoms with Crippen LogP contribution in [0.5, 0.6) is 34.5 Å². The number of hydrogen-bond donors (Lipinski definition) is 2. The number of carbonyl (C=O) groups excluding carboxylic acids is 2. The predicted molar refractivity (Wildman–Crippen MR) is 160 cm³/mol. The molecular formula is C32H26F2N4O8. The molecule has 46 heavy (non-hydrogen) atoms. The van der Waals surface area contributed by atoms with Crippen molar-refractivity contribution in [2.24, 2.45) is 14.1 Å². The van der Waals surface area contributed by atoms with E-state index in [9.17, 15) is 28.6 Å². The molecule has 0 saturated carbocycles. The van der Waals surface area contributed by atoms with Crippen LogP contribution in [0, 0.1) is 11.6 Å². The Morgan fingerprint density at radius 3 is 1.39 bits per heavy atom. The van der Waals surface area contributed by atoms with Gasteiger partial charge in [-0.15, -0.1) is 0 Å². The lowest BCUT2D eigenvalue weighted by molar-refractivity contribution is 0.0592. The minimum atomic E-state index is -0.798. The Labute approximate surface area is 259 Å². The number of methoxy groups -OCH3 is 2. The molecule has 14 heteroatoms. The van der Waals surface area contributed by atoms with E-state index in [0.29, 0.717) is 44.4 Å². The lowest BCUT2D eigenvalue weighted by Gasteiger charge is -2.10. The van der Waals surface area contributed by atoms with Gasteiger partial charge in [-0.05, 0) is 48.5 Å². The van der Waals surface area contributed by atoms with E-state index in [1.165, 1.54) is 50.6 Å². The third-order valence-electron chi connectivity index (χ3n) is 6.73. The molecule has 12 nitrogen and oxygen atoms in total. The van der Waals surface area contributed by atoms with Crippen LogP contribution in [0.4, 0.5) is 8.78 Å². The number of nitrogens with zero attached hydrogens (tertiary/aromatic N) is 4. The van der Waals surface area contributed by atoms with Crippen LogP contribution in [0.2, 0.25) is 0 Å². The molecule has 4 aromatic carbocycles. The molecule has 0 aliphatic heterocycles. The van der Waals surface area contributed by atoms with Gasteiger partial charge in [0.05, 0.1) is 37.7 Å². The summed E-state index contributed by atoms with van der Waals surface area (Å²) >= 11 is 0. The van der Waals surface area contributed by atoms with Crippen LogP contribution in [0.25, 0.3) is 21.8 Å². The van der Waals surface area contributed by atoms with Gasteiger partial charge >= 0.3 is 11.9 Å². The lowest BCUT2D eigenvalue weighted by Crippen LogP contribution is -2.02. The molecule has 0 fully saturated rings. The number of carbonyl (C=O) groups is 2. The summed E-state index contributed by atoms with van der Waals surface area (Å²) < 4.78 is 50.9. The minimum Gasteiger partial charge on any atom is -0.505 e. The number of fused-ring (bicyclic) bond motifs is 2. The van der Waals surface area contributed by atoms with E-state index < -0.39 is 35.1 Å². The summed E-state index contributed by atoms with van der Waals surface area (Å²) in [6, 6.07) is 13.6. The number of halogens is 2. The molecular weight excluding hydrogens is 606 g/mol. The first-order valence-corrected chi connectivity index (χ1v) is 13.4. The normalized spacial score (nSPS) is 10.7. The lowest BCUT2D eigenvalue weighted by atomic mass is 10.1. The zero-order chi connectivity index (χ0) is 33.1. The Morgan fingerprint density at radius 2 is 1.04 bits per heavy atom. The number of hydrogen-bond acceptors (Lipinski definition) is 10. The van der Waals surface area contributed by atoms with E-state index in [2.05, 4.69) is 10.2 Å². The molecule has 0 unspecified atom stereocenters. The fraction of sp³-hybridized carbons (Fsp3) is 0.125. The maximum atomic E-state index is 13.5. The van der Waals surface area contributed by atoms with E-state index in [1.807, 2.05) is 0 Å². The average molecular weight is 633 g/mol. The summed E-state index contributed by atoms with van der Waals surface area (Å²) in [6.45, 7) is 0. The van der Waals surface area contributed by atoms with Gasteiger partial charge in [0.2, 0.25) is 0 Å². The zero-order valence-corrected chi connectivity index (χ0v) is 24.8. The molecule has 0 atom stereocenters. The van der Waals surface area contributed by atoms with Crippen molar-refractivity contribution in [2.75, 3.05) is 14.2 Å². The van der Waals surface area contributed by atoms with Crippen molar-refractivity contribution in [3.8, 4) is 34.5 Å². The van der Waals surface area contributed by atoms with Crippen LogP contribution in [-0.2, 0) is 23.6 Å². The highest BCUT2D eigenvalue weighted by molar-refractivity contribution is 5.98. The van der Waals surface area contributed by atoms with Crippen LogP contribution < -0.4 is 9.47 Å². The van der Waals surface area contributed by atoms with Crippen molar-refractivity contribution in [1.29, 1.82) is 0 Å². The largest absolute Gasteiger partial charge is 0.505 e. The molecule has 0 aliphatic carbocycles. The minimum absolute atomic E-state index is 0.185. The molecule has 0 bridgehead atoms. The van der Waals surface area contributed by atoms with Crippen molar-refractivity contribution in [1.82, 2.24) is 19.6 Å². The van der Waals surface area contributed by atoms with Crippen LogP contribution in [-0.4, -0.2) is 55.9 Å². The van der Waals surface area contributed by atoms with E-state index in [4.69, 9.17) is 18.9 Å². The quantitative estimate of drug-likeness (QED) is 0.210. The van der Waals surface area contributed by atoms with Crippen molar-refractivity contribution in [2.45, 2.75) is 0 Å². The first-order valence-electron chi connectivity index (χ1n) is 13.4. The number of ether oxygens (including phenoxy) is 4. The first-order chi connectivity index (χ1) is 22.0. The number of phenolic OH excluding ortho intramolecular Hbond substituents is 2. The second kappa shape index (κ2) is 12.8. The van der Waals surface area contributed by atoms with Crippen molar-refractivity contribution >= 4 is 33.7 Å². The van der Waals surface area contributed by atoms with Crippen LogP contribution in [0.15, 0.2) is 73.1 Å². The van der Waals surface area contributed by atoms with Crippen LogP contribution in [0.3, 0.4) is 0 Å². The highest BCUT2D eigenvalue weighted by Gasteiger charge is 2.17. The van der Waals surface area contributed by atoms with Crippen molar-refractivity contribution < 1.29 is 47.5 Å². The van der Waals surface area contributed by atoms with E-state index in [1.54, 1.807) is 48.0 Å². The Hall–Kier alpha value is -6.18. The van der Waals surface area contributed by atoms with E-state index >= 15 is 0 Å². The van der Waals surface area contributed by atoms with Gasteiger partial charge in [0, 0.05) is 37.0 Å². The summed E-state index contributed by atoms with van der Waals surface area (Å²) in [7, 11) is 6.02. The Balaban J connectivity index is 0.000000181. The van der Waals surface area contributed by atoms with Gasteiger partial charge in [0.15, 0.2) is 34.6 Å². The summed E-state index contributed by atoms with van der Waals surface area (Å²) in [5.74, 6) is -2.54. The van der Waals surface area contributed by atoms with Gasteiger partial charge in [0.1, 0.15) is 22.5 Å². The number of aryl methyl sites for hydroxylation is 2. The molecule has 0 amide bonds. The topological polar surface area (TPSA) is 147 Å². The fourth-order valence-electron chi connectivity index (χ4n) is 4.54. The van der Waals surface area contributed by atoms with Gasteiger partial charge < -0.3 is 29.2 Å². The summed E-state index contributed by atoms with van der Waals surface area (Å²) in [5.41, 5.74) is 1.88. The van der Waals surface area contributed by atoms with Crippen LogP contribution >= 0.6 is 0 Å². The Kier molecular flexibility index (Phi) is 8.71. The van der Waals surface area contributed by atoms with E-state index in [0.717, 1.165) is 12.1 Å². The van der Waals surface area contributed by atoms with Gasteiger partial charge in [-0.2, -0.15) is 10.2 Å². The molecule has 0 saturated heterocycles. The SMILES string of the molecule is COC(=O)c1cc(Oc2ccc(O)c(F)c2)c2c(cnn2C)c1.COC(=O)c1cc(Oc2ccc(O)c(F)c2)c2c(cnn2C)c1. The average Bonchev–Trinajstić information content (AvgIpc) is 3.62. The standard InChI is InChI=1S/2C16H13FN2O4/c2*1-19-15-10(8-18-19)5-9(16(21)22-2)6-14(15)23-11-3-4-13(20)12(17)7-11/h2*3-8,20H,1-2H3. The summed E-state index contributed by atoms with van der Waals surface area (Å²) in [4.78, 5) is 23.5. The number of rotatable bonds is 6. The number of aromatic nitrogens is 4. The highest BCUT2D eigenvalue weighted by Crippen LogP contribution is 2.34. The number of aromatic hydroxyl groups is 2. The second-order valence-electron chi connectivity index (χ2n) is 9.77. The van der Waals surface area contributed by atoms with Gasteiger partial charge in [-0.25, -0.2) is 18.4 Å². The second-order valence-corrected chi connectivity index (χ2v) is 9.77. The molecule has 0 spiro atoms. The van der Waals surface area contributed by atoms with Gasteiger partial charge in [-0.1, -0.05) is 0 Å². The number of esters is 2. The van der Waals surface area contributed by atoms with Crippen LogP contribution in [0.1, 0.15) is 20.7 Å².